The summed E-state index contributed by atoms with van der Waals surface area (Å²) in [6.45, 7) is 0.190. The molecule has 0 spiro atoms. The van der Waals surface area contributed by atoms with E-state index in [-0.39, 0.29) is 12.5 Å². The number of carbonyl (C=O) groups excluding carboxylic acids is 1. The van der Waals surface area contributed by atoms with Gasteiger partial charge in [0.05, 0.1) is 11.3 Å². The number of para-hydroxylation sites is 1. The first-order valence-corrected chi connectivity index (χ1v) is 10.1. The highest BCUT2D eigenvalue weighted by Crippen LogP contribution is 2.27. The number of carbonyl (C=O) groups is 1. The van der Waals surface area contributed by atoms with Gasteiger partial charge in [-0.25, -0.2) is 5.43 Å². The van der Waals surface area contributed by atoms with E-state index >= 15 is 0 Å². The van der Waals surface area contributed by atoms with Gasteiger partial charge in [0.1, 0.15) is 0 Å². The van der Waals surface area contributed by atoms with E-state index in [1.54, 1.807) is 0 Å². The van der Waals surface area contributed by atoms with Crippen LogP contribution in [0, 0.1) is 0 Å². The summed E-state index contributed by atoms with van der Waals surface area (Å²) in [6, 6.07) is 18.4. The minimum absolute atomic E-state index is 0.153. The first kappa shape index (κ1) is 19.2. The van der Waals surface area contributed by atoms with Gasteiger partial charge in [0.15, 0.2) is 0 Å². The minimum Gasteiger partial charge on any atom is -0.396 e. The number of rotatable bonds is 8. The Kier molecular flexibility index (Phi) is 5.86. The van der Waals surface area contributed by atoms with Crippen molar-refractivity contribution < 1.29 is 9.90 Å². The summed E-state index contributed by atoms with van der Waals surface area (Å²) in [7, 11) is 0. The molecule has 148 valence electrons. The number of hydrogen-bond donors (Lipinski definition) is 3. The van der Waals surface area contributed by atoms with Gasteiger partial charge >= 0.3 is 0 Å². The highest BCUT2D eigenvalue weighted by atomic mass is 16.2. The predicted octanol–water partition coefficient (Wildman–Crippen LogP) is 3.98. The fourth-order valence-electron chi connectivity index (χ4n) is 3.76. The summed E-state index contributed by atoms with van der Waals surface area (Å²) in [5.74, 6) is -0.153. The Balaban J connectivity index is 1.64. The molecule has 2 heterocycles. The Bertz CT molecular complexity index is 1060. The van der Waals surface area contributed by atoms with Gasteiger partial charge < -0.3 is 10.1 Å². The summed E-state index contributed by atoms with van der Waals surface area (Å²) >= 11 is 0. The van der Waals surface area contributed by atoms with Crippen LogP contribution in [0.2, 0.25) is 0 Å². The van der Waals surface area contributed by atoms with Crippen molar-refractivity contribution in [2.45, 2.75) is 32.1 Å². The maximum Gasteiger partial charge on any atom is 0.273 e. The van der Waals surface area contributed by atoms with E-state index in [1.807, 2.05) is 42.5 Å². The zero-order valence-corrected chi connectivity index (χ0v) is 16.3. The van der Waals surface area contributed by atoms with Crippen molar-refractivity contribution in [3.8, 4) is 0 Å². The molecule has 2 aromatic carbocycles. The molecule has 3 N–H and O–H groups in total. The topological polar surface area (TPSA) is 77.5 Å². The molecule has 0 saturated carbocycles. The number of H-pyrrole nitrogens is 1. The van der Waals surface area contributed by atoms with Crippen LogP contribution in [0.25, 0.3) is 17.0 Å². The highest BCUT2D eigenvalue weighted by Gasteiger charge is 2.23. The molecule has 3 aromatic rings. The second-order valence-electron chi connectivity index (χ2n) is 7.29. The average molecular weight is 387 g/mol. The second-order valence-corrected chi connectivity index (χ2v) is 7.29. The lowest BCUT2D eigenvalue weighted by atomic mass is 9.98. The molecule has 1 amide bonds. The van der Waals surface area contributed by atoms with Crippen LogP contribution in [0.3, 0.4) is 0 Å². The third-order valence-electron chi connectivity index (χ3n) is 5.29. The second kappa shape index (κ2) is 8.88. The van der Waals surface area contributed by atoms with Gasteiger partial charge in [-0.1, -0.05) is 48.5 Å². The maximum atomic E-state index is 12.5. The number of hydrazone groups is 1. The fourth-order valence-corrected chi connectivity index (χ4v) is 3.76. The largest absolute Gasteiger partial charge is 0.396 e. The summed E-state index contributed by atoms with van der Waals surface area (Å²) in [5, 5.41) is 14.5. The van der Waals surface area contributed by atoms with Crippen LogP contribution in [0.5, 0.6) is 0 Å². The van der Waals surface area contributed by atoms with Crippen molar-refractivity contribution in [1.82, 2.24) is 10.4 Å². The molecule has 1 aromatic heterocycles. The Labute approximate surface area is 170 Å². The Hall–Kier alpha value is -3.18. The van der Waals surface area contributed by atoms with Crippen molar-refractivity contribution >= 4 is 28.6 Å². The van der Waals surface area contributed by atoms with E-state index in [1.165, 1.54) is 5.56 Å². The van der Waals surface area contributed by atoms with Crippen LogP contribution < -0.4 is 5.43 Å². The molecular weight excluding hydrogens is 362 g/mol. The quantitative estimate of drug-likeness (QED) is 0.404. The van der Waals surface area contributed by atoms with E-state index in [2.05, 4.69) is 33.7 Å². The number of benzene rings is 2. The van der Waals surface area contributed by atoms with Gasteiger partial charge in [0, 0.05) is 28.8 Å². The predicted molar refractivity (Wildman–Crippen MR) is 117 cm³/mol. The SMILES string of the molecule is O=C1NN=C(CCc2ccccc2)C1=Cc1c(CCCCO)[nH]c2ccccc12. The van der Waals surface area contributed by atoms with Gasteiger partial charge in [-0.2, -0.15) is 5.10 Å². The van der Waals surface area contributed by atoms with Crippen molar-refractivity contribution in [2.75, 3.05) is 6.61 Å². The number of aryl methyl sites for hydroxylation is 2. The number of aromatic nitrogens is 1. The Morgan fingerprint density at radius 1 is 0.931 bits per heavy atom. The normalized spacial score (nSPS) is 15.1. The van der Waals surface area contributed by atoms with Crippen LogP contribution in [0.1, 0.15) is 36.1 Å². The van der Waals surface area contributed by atoms with Gasteiger partial charge in [-0.15, -0.1) is 0 Å². The molecule has 4 rings (SSSR count). The summed E-state index contributed by atoms with van der Waals surface area (Å²) in [5.41, 5.74) is 8.47. The molecule has 0 fully saturated rings. The van der Waals surface area contributed by atoms with Gasteiger partial charge in [0.25, 0.3) is 5.91 Å². The van der Waals surface area contributed by atoms with Gasteiger partial charge in [0.2, 0.25) is 0 Å². The van der Waals surface area contributed by atoms with Crippen molar-refractivity contribution in [3.05, 3.63) is 77.0 Å². The summed E-state index contributed by atoms with van der Waals surface area (Å²) < 4.78 is 0. The molecule has 5 heteroatoms. The minimum atomic E-state index is -0.153. The molecule has 0 atom stereocenters. The zero-order valence-electron chi connectivity index (χ0n) is 16.3. The number of aliphatic hydroxyl groups excluding tert-OH is 1. The number of nitrogens with zero attached hydrogens (tertiary/aromatic N) is 1. The van der Waals surface area contributed by atoms with E-state index in [4.69, 9.17) is 5.11 Å². The number of fused-ring (bicyclic) bond motifs is 1. The van der Waals surface area contributed by atoms with E-state index in [0.717, 1.165) is 53.6 Å². The lowest BCUT2D eigenvalue weighted by molar-refractivity contribution is -0.116. The first-order valence-electron chi connectivity index (χ1n) is 10.1. The lowest BCUT2D eigenvalue weighted by Gasteiger charge is -2.05. The molecule has 0 radical (unpaired) electrons. The summed E-state index contributed by atoms with van der Waals surface area (Å²) in [4.78, 5) is 16.0. The van der Waals surface area contributed by atoms with Crippen LogP contribution in [-0.4, -0.2) is 28.3 Å². The van der Waals surface area contributed by atoms with E-state index in [9.17, 15) is 4.79 Å². The number of unbranched alkanes of at least 4 members (excludes halogenated alkanes) is 1. The fraction of sp³-hybridized carbons (Fsp3) is 0.250. The van der Waals surface area contributed by atoms with Crippen LogP contribution in [-0.2, 0) is 17.6 Å². The third-order valence-corrected chi connectivity index (χ3v) is 5.29. The Morgan fingerprint density at radius 2 is 1.72 bits per heavy atom. The van der Waals surface area contributed by atoms with Crippen LogP contribution in [0.15, 0.2) is 65.3 Å². The third kappa shape index (κ3) is 4.30. The van der Waals surface area contributed by atoms with Gasteiger partial charge in [-0.05, 0) is 49.8 Å². The number of aromatic amines is 1. The molecule has 1 aliphatic rings. The molecule has 5 nitrogen and oxygen atoms in total. The van der Waals surface area contributed by atoms with Crippen molar-refractivity contribution in [3.63, 3.8) is 0 Å². The van der Waals surface area contributed by atoms with Crippen molar-refractivity contribution in [1.29, 1.82) is 0 Å². The van der Waals surface area contributed by atoms with E-state index in [0.29, 0.717) is 12.0 Å². The molecule has 0 bridgehead atoms. The monoisotopic (exact) mass is 387 g/mol. The number of hydrogen-bond acceptors (Lipinski definition) is 3. The number of nitrogens with one attached hydrogen (secondary N) is 2. The zero-order chi connectivity index (χ0) is 20.1. The Morgan fingerprint density at radius 3 is 2.55 bits per heavy atom. The molecule has 1 aliphatic heterocycles. The number of aliphatic hydroxyl groups is 1. The smallest absolute Gasteiger partial charge is 0.273 e. The highest BCUT2D eigenvalue weighted by molar-refractivity contribution is 6.28. The van der Waals surface area contributed by atoms with Gasteiger partial charge in [-0.3, -0.25) is 4.79 Å². The molecular formula is C24H25N3O2. The van der Waals surface area contributed by atoms with Crippen LogP contribution in [0.4, 0.5) is 0 Å². The van der Waals surface area contributed by atoms with E-state index < -0.39 is 0 Å². The molecule has 29 heavy (non-hydrogen) atoms. The first-order chi connectivity index (χ1) is 14.3. The maximum absolute atomic E-state index is 12.5. The molecule has 0 saturated heterocycles. The standard InChI is InChI=1S/C24H25N3O2/c28-15-7-6-12-22-19(18-10-4-5-11-21(18)25-22)16-20-23(26-27-24(20)29)14-13-17-8-2-1-3-9-17/h1-5,8-11,16,25,28H,6-7,12-15H2,(H,27,29). The lowest BCUT2D eigenvalue weighted by Crippen LogP contribution is -2.13. The molecule has 0 unspecified atom stereocenters. The van der Waals surface area contributed by atoms with Crippen LogP contribution >= 0.6 is 0 Å². The molecule has 0 aliphatic carbocycles. The number of amides is 1. The summed E-state index contributed by atoms with van der Waals surface area (Å²) in [6.07, 6.45) is 5.99. The average Bonchev–Trinajstić information content (AvgIpc) is 3.28. The van der Waals surface area contributed by atoms with Crippen molar-refractivity contribution in [2.24, 2.45) is 5.10 Å².